The van der Waals surface area contributed by atoms with Crippen LogP contribution in [0.3, 0.4) is 0 Å². The lowest BCUT2D eigenvalue weighted by molar-refractivity contribution is 0.343. The van der Waals surface area contributed by atoms with Gasteiger partial charge in [0, 0.05) is 5.57 Å². The fourth-order valence-electron chi connectivity index (χ4n) is 1.33. The largest absolute Gasteiger partial charge is 0.325 e. The van der Waals surface area contributed by atoms with E-state index < -0.39 is 10.1 Å². The van der Waals surface area contributed by atoms with Crippen molar-refractivity contribution in [3.05, 3.63) is 54.6 Å². The number of hydrogen-bond donors (Lipinski definition) is 0. The molecule has 1 rings (SSSR count). The molecule has 5 heteroatoms. The third kappa shape index (κ3) is 4.55. The van der Waals surface area contributed by atoms with Crippen LogP contribution in [0.4, 0.5) is 0 Å². The first-order valence-corrected chi connectivity index (χ1v) is 7.07. The molecular weight excluding hydrogens is 250 g/mol. The molecule has 0 aliphatic heterocycles. The van der Waals surface area contributed by atoms with Gasteiger partial charge in [-0.3, -0.25) is 4.28 Å². The summed E-state index contributed by atoms with van der Waals surface area (Å²) in [6.07, 6.45) is 4.31. The Kier molecular flexibility index (Phi) is 4.85. The van der Waals surface area contributed by atoms with E-state index in [1.165, 1.54) is 0 Å². The van der Waals surface area contributed by atoms with E-state index in [0.29, 0.717) is 5.71 Å². The highest BCUT2D eigenvalue weighted by Crippen LogP contribution is 2.16. The molecule has 1 aromatic rings. The molecule has 1 aromatic carbocycles. The molecule has 0 atom stereocenters. The van der Waals surface area contributed by atoms with E-state index in [4.69, 9.17) is 0 Å². The Balaban J connectivity index is 3.08. The summed E-state index contributed by atoms with van der Waals surface area (Å²) >= 11 is 0. The minimum absolute atomic E-state index is 0.464. The molecule has 0 spiro atoms. The van der Waals surface area contributed by atoms with Crippen LogP contribution in [0.15, 0.2) is 54.2 Å². The number of allylic oxidation sites excluding steroid dienone is 3. The van der Waals surface area contributed by atoms with Crippen LogP contribution in [-0.4, -0.2) is 20.4 Å². The molecule has 0 fully saturated rings. The van der Waals surface area contributed by atoms with E-state index >= 15 is 0 Å². The molecule has 0 radical (unpaired) electrons. The molecule has 4 nitrogen and oxygen atoms in total. The summed E-state index contributed by atoms with van der Waals surface area (Å²) in [5, 5.41) is 3.60. The Labute approximate surface area is 107 Å². The van der Waals surface area contributed by atoms with Crippen molar-refractivity contribution in [2.75, 3.05) is 6.26 Å². The zero-order valence-electron chi connectivity index (χ0n) is 10.3. The summed E-state index contributed by atoms with van der Waals surface area (Å²) < 4.78 is 26.2. The summed E-state index contributed by atoms with van der Waals surface area (Å²) in [6, 6.07) is 9.46. The van der Waals surface area contributed by atoms with Crippen LogP contribution < -0.4 is 0 Å². The number of rotatable bonds is 5. The third-order valence-electron chi connectivity index (χ3n) is 2.07. The molecule has 0 saturated heterocycles. The highest BCUT2D eigenvalue weighted by Gasteiger charge is 2.07. The second-order valence-corrected chi connectivity index (χ2v) is 5.19. The van der Waals surface area contributed by atoms with E-state index in [1.807, 2.05) is 30.3 Å². The van der Waals surface area contributed by atoms with Gasteiger partial charge >= 0.3 is 10.1 Å². The number of oxime groups is 1. The minimum Gasteiger partial charge on any atom is -0.268 e. The van der Waals surface area contributed by atoms with Crippen LogP contribution in [0.2, 0.25) is 0 Å². The summed E-state index contributed by atoms with van der Waals surface area (Å²) in [7, 11) is -3.59. The maximum Gasteiger partial charge on any atom is 0.325 e. The van der Waals surface area contributed by atoms with E-state index in [2.05, 4.69) is 16.0 Å². The van der Waals surface area contributed by atoms with Crippen molar-refractivity contribution in [2.24, 2.45) is 5.16 Å². The SMILES string of the molecule is C=CC=C(C(C)=NOS(C)(=O)=O)c1ccccc1. The second kappa shape index (κ2) is 6.16. The Morgan fingerprint density at radius 1 is 1.33 bits per heavy atom. The lowest BCUT2D eigenvalue weighted by Gasteiger charge is -2.06. The van der Waals surface area contributed by atoms with Crippen molar-refractivity contribution < 1.29 is 12.7 Å². The second-order valence-electron chi connectivity index (χ2n) is 3.64. The molecule has 18 heavy (non-hydrogen) atoms. The fourth-order valence-corrected chi connectivity index (χ4v) is 1.58. The van der Waals surface area contributed by atoms with Gasteiger partial charge in [-0.25, -0.2) is 0 Å². The Morgan fingerprint density at radius 3 is 2.44 bits per heavy atom. The highest BCUT2D eigenvalue weighted by molar-refractivity contribution is 7.85. The van der Waals surface area contributed by atoms with E-state index in [-0.39, 0.29) is 0 Å². The van der Waals surface area contributed by atoms with Gasteiger partial charge in [0.2, 0.25) is 0 Å². The van der Waals surface area contributed by atoms with Crippen LogP contribution in [0.1, 0.15) is 12.5 Å². The summed E-state index contributed by atoms with van der Waals surface area (Å²) in [5.74, 6) is 0. The average Bonchev–Trinajstić information content (AvgIpc) is 2.33. The molecule has 0 unspecified atom stereocenters. The number of nitrogens with zero attached hydrogens (tertiary/aromatic N) is 1. The van der Waals surface area contributed by atoms with Gasteiger partial charge in [-0.05, 0) is 12.5 Å². The van der Waals surface area contributed by atoms with Crippen LogP contribution >= 0.6 is 0 Å². The monoisotopic (exact) mass is 265 g/mol. The maximum absolute atomic E-state index is 10.9. The average molecular weight is 265 g/mol. The van der Waals surface area contributed by atoms with Crippen LogP contribution in [0, 0.1) is 0 Å². The zero-order valence-corrected chi connectivity index (χ0v) is 11.1. The molecule has 0 amide bonds. The Bertz CT molecular complexity index is 572. The van der Waals surface area contributed by atoms with Crippen molar-refractivity contribution in [1.82, 2.24) is 0 Å². The lowest BCUT2D eigenvalue weighted by Crippen LogP contribution is -2.02. The summed E-state index contributed by atoms with van der Waals surface area (Å²) in [6.45, 7) is 5.30. The number of hydrogen-bond acceptors (Lipinski definition) is 4. The summed E-state index contributed by atoms with van der Waals surface area (Å²) in [4.78, 5) is 0. The van der Waals surface area contributed by atoms with Gasteiger partial charge in [-0.15, -0.1) is 0 Å². The quantitative estimate of drug-likeness (QED) is 0.467. The molecule has 0 heterocycles. The standard InChI is InChI=1S/C13H15NO3S/c1-4-8-13(12-9-6-5-7-10-12)11(2)14-17-18(3,15)16/h4-10H,1H2,2-3H3. The van der Waals surface area contributed by atoms with Crippen molar-refractivity contribution in [2.45, 2.75) is 6.92 Å². The molecule has 0 aliphatic rings. The predicted octanol–water partition coefficient (Wildman–Crippen LogP) is 2.61. The van der Waals surface area contributed by atoms with Gasteiger partial charge in [-0.1, -0.05) is 54.2 Å². The van der Waals surface area contributed by atoms with E-state index in [9.17, 15) is 8.42 Å². The lowest BCUT2D eigenvalue weighted by atomic mass is 10.0. The first-order chi connectivity index (χ1) is 8.44. The first kappa shape index (κ1) is 14.2. The van der Waals surface area contributed by atoms with Crippen LogP contribution in [0.25, 0.3) is 5.57 Å². The van der Waals surface area contributed by atoms with Crippen LogP contribution in [-0.2, 0) is 14.4 Å². The maximum atomic E-state index is 10.9. The van der Waals surface area contributed by atoms with E-state index in [0.717, 1.165) is 17.4 Å². The molecule has 0 aromatic heterocycles. The first-order valence-electron chi connectivity index (χ1n) is 5.26. The van der Waals surface area contributed by atoms with Crippen molar-refractivity contribution in [3.63, 3.8) is 0 Å². The van der Waals surface area contributed by atoms with Gasteiger partial charge in [0.25, 0.3) is 0 Å². The minimum atomic E-state index is -3.59. The van der Waals surface area contributed by atoms with Gasteiger partial charge in [0.05, 0.1) is 12.0 Å². The van der Waals surface area contributed by atoms with Crippen LogP contribution in [0.5, 0.6) is 0 Å². The van der Waals surface area contributed by atoms with Crippen molar-refractivity contribution in [3.8, 4) is 0 Å². The fraction of sp³-hybridized carbons (Fsp3) is 0.154. The molecule has 0 N–H and O–H groups in total. The van der Waals surface area contributed by atoms with Gasteiger partial charge < -0.3 is 0 Å². The zero-order chi connectivity index (χ0) is 13.6. The molecule has 96 valence electrons. The van der Waals surface area contributed by atoms with E-state index in [1.54, 1.807) is 19.1 Å². The molecule has 0 bridgehead atoms. The topological polar surface area (TPSA) is 55.7 Å². The Hall–Kier alpha value is -1.88. The van der Waals surface area contributed by atoms with Gasteiger partial charge in [0.1, 0.15) is 0 Å². The van der Waals surface area contributed by atoms with Gasteiger partial charge in [-0.2, -0.15) is 8.42 Å². The molecule has 0 aliphatic carbocycles. The van der Waals surface area contributed by atoms with Crippen molar-refractivity contribution in [1.29, 1.82) is 0 Å². The third-order valence-corrected chi connectivity index (χ3v) is 2.41. The smallest absolute Gasteiger partial charge is 0.268 e. The predicted molar refractivity (Wildman–Crippen MR) is 73.7 cm³/mol. The Morgan fingerprint density at radius 2 is 1.94 bits per heavy atom. The number of benzene rings is 1. The van der Waals surface area contributed by atoms with Crippen molar-refractivity contribution >= 4 is 21.4 Å². The summed E-state index contributed by atoms with van der Waals surface area (Å²) in [5.41, 5.74) is 2.14. The normalized spacial score (nSPS) is 13.2. The highest BCUT2D eigenvalue weighted by atomic mass is 32.2. The molecule has 0 saturated carbocycles. The van der Waals surface area contributed by atoms with Gasteiger partial charge in [0.15, 0.2) is 0 Å². The molecular formula is C13H15NO3S.